The summed E-state index contributed by atoms with van der Waals surface area (Å²) >= 11 is 0. The molecule has 8 heteroatoms. The number of hydrogen-bond donors (Lipinski definition) is 3. The summed E-state index contributed by atoms with van der Waals surface area (Å²) in [6.07, 6.45) is 3.44. The average molecular weight is 417 g/mol. The normalized spacial score (nSPS) is 15.7. The maximum absolute atomic E-state index is 13.5. The number of nitrogens with one attached hydrogen (secondary N) is 1. The van der Waals surface area contributed by atoms with Crippen LogP contribution in [0.3, 0.4) is 0 Å². The maximum atomic E-state index is 13.5. The lowest BCUT2D eigenvalue weighted by Crippen LogP contribution is -2.33. The van der Waals surface area contributed by atoms with Gasteiger partial charge in [-0.05, 0) is 43.7 Å². The monoisotopic (exact) mass is 417 g/mol. The molecule has 1 aliphatic heterocycles. The van der Waals surface area contributed by atoms with Crippen molar-refractivity contribution in [3.63, 3.8) is 0 Å². The molecule has 1 fully saturated rings. The highest BCUT2D eigenvalue weighted by Gasteiger charge is 2.15. The van der Waals surface area contributed by atoms with Gasteiger partial charge in [0.2, 0.25) is 0 Å². The Labute approximate surface area is 173 Å². The summed E-state index contributed by atoms with van der Waals surface area (Å²) in [5.74, 6) is -0.705. The minimum absolute atomic E-state index is 0.336. The standard InChI is InChI=1S/C18H20FNO2.C4H4O4/c19-15-8-9-17(21-13-14-5-4-10-20-12-14)18(11-15)22-16-6-2-1-3-7-16;5-3(6)1-2-4(7)8/h1-3,6-9,11,14,20H,4-5,10,12-13H2;1-2H,(H,5,6)(H,7,8). The van der Waals surface area contributed by atoms with Crippen molar-refractivity contribution >= 4 is 11.9 Å². The summed E-state index contributed by atoms with van der Waals surface area (Å²) in [5.41, 5.74) is 0. The zero-order chi connectivity index (χ0) is 21.8. The molecule has 3 rings (SSSR count). The molecule has 0 amide bonds. The first-order valence-corrected chi connectivity index (χ1v) is 9.44. The quantitative estimate of drug-likeness (QED) is 0.590. The number of para-hydroxylation sites is 1. The van der Waals surface area contributed by atoms with Crippen LogP contribution in [0, 0.1) is 11.7 Å². The van der Waals surface area contributed by atoms with Crippen LogP contribution < -0.4 is 14.8 Å². The van der Waals surface area contributed by atoms with Gasteiger partial charge in [0.25, 0.3) is 0 Å². The van der Waals surface area contributed by atoms with Gasteiger partial charge in [-0.15, -0.1) is 0 Å². The lowest BCUT2D eigenvalue weighted by Gasteiger charge is -2.23. The predicted molar refractivity (Wildman–Crippen MR) is 108 cm³/mol. The van der Waals surface area contributed by atoms with Gasteiger partial charge in [0.1, 0.15) is 11.6 Å². The fourth-order valence-corrected chi connectivity index (χ4v) is 2.71. The zero-order valence-electron chi connectivity index (χ0n) is 16.3. The van der Waals surface area contributed by atoms with Crippen molar-refractivity contribution in [2.45, 2.75) is 12.8 Å². The van der Waals surface area contributed by atoms with Gasteiger partial charge in [0, 0.05) is 30.7 Å². The molecular formula is C22H24FNO6. The van der Waals surface area contributed by atoms with Crippen molar-refractivity contribution in [3.8, 4) is 17.2 Å². The Morgan fingerprint density at radius 2 is 1.77 bits per heavy atom. The number of ether oxygens (including phenoxy) is 2. The maximum Gasteiger partial charge on any atom is 0.328 e. The molecule has 0 saturated carbocycles. The number of hydrogen-bond acceptors (Lipinski definition) is 5. The predicted octanol–water partition coefficient (Wildman–Crippen LogP) is 3.71. The number of rotatable bonds is 7. The molecule has 3 N–H and O–H groups in total. The van der Waals surface area contributed by atoms with Crippen molar-refractivity contribution in [1.29, 1.82) is 0 Å². The third-order valence-electron chi connectivity index (χ3n) is 4.12. The lowest BCUT2D eigenvalue weighted by molar-refractivity contribution is -0.134. The Kier molecular flexibility index (Phi) is 9.33. The molecule has 0 bridgehead atoms. The van der Waals surface area contributed by atoms with Gasteiger partial charge >= 0.3 is 11.9 Å². The van der Waals surface area contributed by atoms with E-state index in [1.807, 2.05) is 30.3 Å². The topological polar surface area (TPSA) is 105 Å². The number of piperidine rings is 1. The van der Waals surface area contributed by atoms with E-state index in [2.05, 4.69) is 5.32 Å². The SMILES string of the molecule is Fc1ccc(OCC2CCCNC2)c(Oc2ccccc2)c1.O=C(O)C=CC(=O)O. The van der Waals surface area contributed by atoms with Gasteiger partial charge in [-0.25, -0.2) is 14.0 Å². The Morgan fingerprint density at radius 3 is 2.37 bits per heavy atom. The molecule has 1 aliphatic rings. The van der Waals surface area contributed by atoms with Crippen LogP contribution in [0.15, 0.2) is 60.7 Å². The van der Waals surface area contributed by atoms with Crippen molar-refractivity contribution in [3.05, 3.63) is 66.5 Å². The second kappa shape index (κ2) is 12.2. The first-order chi connectivity index (χ1) is 14.4. The molecule has 1 heterocycles. The highest BCUT2D eigenvalue weighted by molar-refractivity contribution is 5.89. The van der Waals surface area contributed by atoms with Crippen LogP contribution in [0.1, 0.15) is 12.8 Å². The molecule has 1 unspecified atom stereocenters. The molecule has 0 aliphatic carbocycles. The third-order valence-corrected chi connectivity index (χ3v) is 4.12. The number of aliphatic carboxylic acids is 2. The van der Waals surface area contributed by atoms with Crippen LogP contribution in [-0.2, 0) is 9.59 Å². The van der Waals surface area contributed by atoms with E-state index in [-0.39, 0.29) is 5.82 Å². The van der Waals surface area contributed by atoms with Gasteiger partial charge in [-0.2, -0.15) is 0 Å². The molecule has 2 aromatic carbocycles. The molecular weight excluding hydrogens is 393 g/mol. The van der Waals surface area contributed by atoms with Crippen LogP contribution in [-0.4, -0.2) is 41.8 Å². The van der Waals surface area contributed by atoms with Gasteiger partial charge < -0.3 is 25.0 Å². The third kappa shape index (κ3) is 8.74. The van der Waals surface area contributed by atoms with Crippen molar-refractivity contribution < 1.29 is 33.7 Å². The van der Waals surface area contributed by atoms with Gasteiger partial charge in [-0.1, -0.05) is 18.2 Å². The fourth-order valence-electron chi connectivity index (χ4n) is 2.71. The van der Waals surface area contributed by atoms with Crippen LogP contribution in [0.2, 0.25) is 0 Å². The molecule has 160 valence electrons. The van der Waals surface area contributed by atoms with E-state index < -0.39 is 11.9 Å². The first kappa shape index (κ1) is 22.9. The number of carbonyl (C=O) groups is 2. The Bertz CT molecular complexity index is 834. The minimum atomic E-state index is -1.26. The van der Waals surface area contributed by atoms with E-state index in [4.69, 9.17) is 19.7 Å². The summed E-state index contributed by atoms with van der Waals surface area (Å²) < 4.78 is 25.1. The largest absolute Gasteiger partial charge is 0.489 e. The summed E-state index contributed by atoms with van der Waals surface area (Å²) in [5, 5.41) is 19.0. The summed E-state index contributed by atoms with van der Waals surface area (Å²) in [6, 6.07) is 13.7. The van der Waals surface area contributed by atoms with E-state index in [9.17, 15) is 14.0 Å². The van der Waals surface area contributed by atoms with Gasteiger partial charge in [0.15, 0.2) is 11.5 Å². The summed E-state index contributed by atoms with van der Waals surface area (Å²) in [4.78, 5) is 19.1. The summed E-state index contributed by atoms with van der Waals surface area (Å²) in [6.45, 7) is 2.66. The van der Waals surface area contributed by atoms with Crippen molar-refractivity contribution in [2.24, 2.45) is 5.92 Å². The summed E-state index contributed by atoms with van der Waals surface area (Å²) in [7, 11) is 0. The number of halogens is 1. The van der Waals surface area contributed by atoms with Gasteiger partial charge in [-0.3, -0.25) is 0 Å². The smallest absolute Gasteiger partial charge is 0.328 e. The Hall–Kier alpha value is -3.39. The minimum Gasteiger partial charge on any atom is -0.489 e. The van der Waals surface area contributed by atoms with E-state index >= 15 is 0 Å². The van der Waals surface area contributed by atoms with E-state index in [1.54, 1.807) is 6.07 Å². The van der Waals surface area contributed by atoms with Crippen molar-refractivity contribution in [1.82, 2.24) is 5.32 Å². The average Bonchev–Trinajstić information content (AvgIpc) is 2.74. The fraction of sp³-hybridized carbons (Fsp3) is 0.273. The second-order valence-electron chi connectivity index (χ2n) is 6.54. The second-order valence-corrected chi connectivity index (χ2v) is 6.54. The molecule has 0 aromatic heterocycles. The molecule has 2 aromatic rings. The number of carboxylic acids is 2. The van der Waals surface area contributed by atoms with E-state index in [0.29, 0.717) is 41.9 Å². The van der Waals surface area contributed by atoms with Gasteiger partial charge in [0.05, 0.1) is 6.61 Å². The molecule has 1 saturated heterocycles. The lowest BCUT2D eigenvalue weighted by atomic mass is 10.0. The number of carboxylic acid groups (broad SMARTS) is 2. The molecule has 30 heavy (non-hydrogen) atoms. The first-order valence-electron chi connectivity index (χ1n) is 9.44. The zero-order valence-corrected chi connectivity index (χ0v) is 16.3. The van der Waals surface area contributed by atoms with E-state index in [1.165, 1.54) is 18.6 Å². The van der Waals surface area contributed by atoms with Crippen LogP contribution >= 0.6 is 0 Å². The Morgan fingerprint density at radius 1 is 1.07 bits per heavy atom. The van der Waals surface area contributed by atoms with Crippen LogP contribution in [0.4, 0.5) is 4.39 Å². The molecule has 7 nitrogen and oxygen atoms in total. The van der Waals surface area contributed by atoms with Crippen LogP contribution in [0.5, 0.6) is 17.2 Å². The number of benzene rings is 2. The van der Waals surface area contributed by atoms with Crippen molar-refractivity contribution in [2.75, 3.05) is 19.7 Å². The molecule has 0 radical (unpaired) electrons. The Balaban J connectivity index is 0.000000343. The molecule has 0 spiro atoms. The molecule has 1 atom stereocenters. The highest BCUT2D eigenvalue weighted by atomic mass is 19.1. The van der Waals surface area contributed by atoms with Crippen LogP contribution in [0.25, 0.3) is 0 Å². The van der Waals surface area contributed by atoms with E-state index in [0.717, 1.165) is 19.5 Å². The highest BCUT2D eigenvalue weighted by Crippen LogP contribution is 2.32.